The molecule has 9 nitrogen and oxygen atoms in total. The van der Waals surface area contributed by atoms with E-state index in [1.807, 2.05) is 12.1 Å². The second-order valence-electron chi connectivity index (χ2n) is 6.74. The van der Waals surface area contributed by atoms with Crippen LogP contribution in [-0.4, -0.2) is 58.3 Å². The largest absolute Gasteiger partial charge is 0.497 e. The Balaban J connectivity index is 1.45. The maximum atomic E-state index is 12.8. The van der Waals surface area contributed by atoms with Crippen LogP contribution in [0.1, 0.15) is 22.3 Å². The molecule has 150 valence electrons. The van der Waals surface area contributed by atoms with Crippen molar-refractivity contribution in [3.8, 4) is 11.5 Å². The minimum absolute atomic E-state index is 0.116. The fourth-order valence-corrected chi connectivity index (χ4v) is 3.50. The minimum Gasteiger partial charge on any atom is -0.497 e. The van der Waals surface area contributed by atoms with Crippen LogP contribution in [0.5, 0.6) is 11.5 Å². The average molecular weight is 395 g/mol. The fraction of sp³-hybridized carbons (Fsp3) is 0.300. The van der Waals surface area contributed by atoms with Gasteiger partial charge in [0.1, 0.15) is 17.5 Å². The van der Waals surface area contributed by atoms with E-state index in [0.29, 0.717) is 42.1 Å². The molecule has 3 heterocycles. The van der Waals surface area contributed by atoms with Crippen molar-refractivity contribution < 1.29 is 19.1 Å². The summed E-state index contributed by atoms with van der Waals surface area (Å²) >= 11 is 0. The van der Waals surface area contributed by atoms with Crippen LogP contribution in [0, 0.1) is 0 Å². The summed E-state index contributed by atoms with van der Waals surface area (Å²) in [6, 6.07) is 8.34. The van der Waals surface area contributed by atoms with E-state index in [1.54, 1.807) is 43.5 Å². The second kappa shape index (κ2) is 7.78. The van der Waals surface area contributed by atoms with E-state index in [-0.39, 0.29) is 11.8 Å². The Morgan fingerprint density at radius 2 is 2.14 bits per heavy atom. The van der Waals surface area contributed by atoms with E-state index in [1.165, 1.54) is 10.7 Å². The summed E-state index contributed by atoms with van der Waals surface area (Å²) in [4.78, 5) is 27.3. The molecular formula is C20H21N5O4. The van der Waals surface area contributed by atoms with Crippen molar-refractivity contribution in [2.24, 2.45) is 0 Å². The summed E-state index contributed by atoms with van der Waals surface area (Å²) in [7, 11) is 3.17. The maximum absolute atomic E-state index is 12.8. The molecule has 1 fully saturated rings. The van der Waals surface area contributed by atoms with E-state index in [4.69, 9.17) is 9.47 Å². The third-order valence-corrected chi connectivity index (χ3v) is 5.04. The number of likely N-dealkylation sites (tertiary alicyclic amines) is 1. The number of pyridine rings is 1. The van der Waals surface area contributed by atoms with Gasteiger partial charge >= 0.3 is 0 Å². The highest BCUT2D eigenvalue weighted by Crippen LogP contribution is 2.27. The van der Waals surface area contributed by atoms with Gasteiger partial charge in [0.15, 0.2) is 0 Å². The number of rotatable bonds is 6. The third-order valence-electron chi connectivity index (χ3n) is 5.04. The monoisotopic (exact) mass is 395 g/mol. The van der Waals surface area contributed by atoms with Crippen molar-refractivity contribution in [3.63, 3.8) is 0 Å². The van der Waals surface area contributed by atoms with Crippen LogP contribution in [0.2, 0.25) is 0 Å². The molecule has 0 aliphatic carbocycles. The number of carbonyl (C=O) groups excluding carboxylic acids is 2. The molecule has 0 saturated carbocycles. The van der Waals surface area contributed by atoms with Crippen molar-refractivity contribution in [2.45, 2.75) is 19.0 Å². The van der Waals surface area contributed by atoms with Gasteiger partial charge in [0.25, 0.3) is 5.91 Å². The molecule has 29 heavy (non-hydrogen) atoms. The first-order valence-electron chi connectivity index (χ1n) is 9.20. The molecule has 4 rings (SSSR count). The molecule has 2 amide bonds. The zero-order valence-electron chi connectivity index (χ0n) is 16.2. The van der Waals surface area contributed by atoms with Gasteiger partial charge in [0, 0.05) is 30.9 Å². The summed E-state index contributed by atoms with van der Waals surface area (Å²) in [6.45, 7) is 0.956. The van der Waals surface area contributed by atoms with E-state index in [2.05, 4.69) is 15.6 Å². The predicted molar refractivity (Wildman–Crippen MR) is 104 cm³/mol. The quantitative estimate of drug-likeness (QED) is 0.675. The van der Waals surface area contributed by atoms with E-state index in [0.717, 1.165) is 5.56 Å². The van der Waals surface area contributed by atoms with Gasteiger partial charge in [-0.3, -0.25) is 9.59 Å². The number of fused-ring (bicyclic) bond motifs is 1. The second-order valence-corrected chi connectivity index (χ2v) is 6.74. The molecule has 1 aliphatic heterocycles. The molecule has 1 aromatic carbocycles. The standard InChI is InChI=1S/C20H21N5O4/c1-28-14-6-5-13(18(10-14)29-2)12-24-9-7-16(20(24)27)22-19(26)15-4-3-8-25-17(15)11-21-23-25/h3-6,8,10-11,16H,7,9,12H2,1-2H3,(H,22,26). The van der Waals surface area contributed by atoms with Crippen LogP contribution < -0.4 is 14.8 Å². The SMILES string of the molecule is COc1ccc(CN2CCC(NC(=O)c3cccn4nncc34)C2=O)c(OC)c1. The number of hydrogen-bond donors (Lipinski definition) is 1. The lowest BCUT2D eigenvalue weighted by molar-refractivity contribution is -0.129. The van der Waals surface area contributed by atoms with Gasteiger partial charge < -0.3 is 19.7 Å². The molecule has 1 aliphatic rings. The highest BCUT2D eigenvalue weighted by molar-refractivity contribution is 6.02. The Hall–Kier alpha value is -3.62. The molecule has 9 heteroatoms. The lowest BCUT2D eigenvalue weighted by Crippen LogP contribution is -2.41. The first-order valence-corrected chi connectivity index (χ1v) is 9.20. The number of benzene rings is 1. The van der Waals surface area contributed by atoms with Gasteiger partial charge in [-0.05, 0) is 30.7 Å². The van der Waals surface area contributed by atoms with Gasteiger partial charge in [0.2, 0.25) is 5.91 Å². The number of ether oxygens (including phenoxy) is 2. The fourth-order valence-electron chi connectivity index (χ4n) is 3.50. The number of nitrogens with one attached hydrogen (secondary N) is 1. The van der Waals surface area contributed by atoms with Crippen molar-refractivity contribution in [1.82, 2.24) is 25.0 Å². The van der Waals surface area contributed by atoms with Crippen LogP contribution in [0.3, 0.4) is 0 Å². The van der Waals surface area contributed by atoms with E-state index >= 15 is 0 Å². The molecule has 3 aromatic rings. The molecule has 1 atom stereocenters. The molecule has 1 N–H and O–H groups in total. The molecule has 0 bridgehead atoms. The number of nitrogens with zero attached hydrogens (tertiary/aromatic N) is 4. The van der Waals surface area contributed by atoms with Crippen LogP contribution in [-0.2, 0) is 11.3 Å². The van der Waals surface area contributed by atoms with Gasteiger partial charge in [-0.2, -0.15) is 0 Å². The highest BCUT2D eigenvalue weighted by atomic mass is 16.5. The van der Waals surface area contributed by atoms with Crippen LogP contribution in [0.15, 0.2) is 42.7 Å². The zero-order chi connectivity index (χ0) is 20.4. The highest BCUT2D eigenvalue weighted by Gasteiger charge is 2.33. The summed E-state index contributed by atoms with van der Waals surface area (Å²) in [6.07, 6.45) is 3.78. The van der Waals surface area contributed by atoms with Crippen LogP contribution in [0.25, 0.3) is 5.52 Å². The summed E-state index contributed by atoms with van der Waals surface area (Å²) in [5.41, 5.74) is 1.90. The van der Waals surface area contributed by atoms with Gasteiger partial charge in [-0.25, -0.2) is 4.52 Å². The Morgan fingerprint density at radius 1 is 1.28 bits per heavy atom. The summed E-state index contributed by atoms with van der Waals surface area (Å²) in [5.74, 6) is 0.909. The Labute approximate surface area is 167 Å². The predicted octanol–water partition coefficient (Wildman–Crippen LogP) is 1.28. The molecule has 1 unspecified atom stereocenters. The number of methoxy groups -OCH3 is 2. The molecule has 0 radical (unpaired) electrons. The molecular weight excluding hydrogens is 374 g/mol. The van der Waals surface area contributed by atoms with Crippen molar-refractivity contribution in [1.29, 1.82) is 0 Å². The van der Waals surface area contributed by atoms with Gasteiger partial charge in [-0.1, -0.05) is 5.21 Å². The van der Waals surface area contributed by atoms with Gasteiger partial charge in [0.05, 0.1) is 31.5 Å². The first kappa shape index (κ1) is 18.7. The lowest BCUT2D eigenvalue weighted by atomic mass is 10.1. The normalized spacial score (nSPS) is 16.3. The average Bonchev–Trinajstić information content (AvgIpc) is 3.36. The number of aromatic nitrogens is 3. The Kier molecular flexibility index (Phi) is 5.03. The Morgan fingerprint density at radius 3 is 2.93 bits per heavy atom. The van der Waals surface area contributed by atoms with E-state index in [9.17, 15) is 9.59 Å². The Bertz CT molecular complexity index is 1060. The summed E-state index contributed by atoms with van der Waals surface area (Å²) in [5, 5.41) is 10.5. The minimum atomic E-state index is -0.567. The van der Waals surface area contributed by atoms with E-state index < -0.39 is 6.04 Å². The molecule has 1 saturated heterocycles. The van der Waals surface area contributed by atoms with Crippen molar-refractivity contribution >= 4 is 17.3 Å². The van der Waals surface area contributed by atoms with Crippen molar-refractivity contribution in [2.75, 3.05) is 20.8 Å². The topological polar surface area (TPSA) is 98.1 Å². The number of hydrogen-bond acceptors (Lipinski definition) is 6. The smallest absolute Gasteiger partial charge is 0.254 e. The maximum Gasteiger partial charge on any atom is 0.254 e. The summed E-state index contributed by atoms with van der Waals surface area (Å²) < 4.78 is 12.1. The molecule has 2 aromatic heterocycles. The number of amides is 2. The molecule has 0 spiro atoms. The lowest BCUT2D eigenvalue weighted by Gasteiger charge is -2.19. The first-order chi connectivity index (χ1) is 14.1. The van der Waals surface area contributed by atoms with Gasteiger partial charge in [-0.15, -0.1) is 5.10 Å². The third kappa shape index (κ3) is 3.58. The van der Waals surface area contributed by atoms with Crippen LogP contribution >= 0.6 is 0 Å². The zero-order valence-corrected chi connectivity index (χ0v) is 16.2. The van der Waals surface area contributed by atoms with Crippen molar-refractivity contribution in [3.05, 3.63) is 53.9 Å². The number of carbonyl (C=O) groups is 2. The van der Waals surface area contributed by atoms with Crippen LogP contribution in [0.4, 0.5) is 0 Å².